The fraction of sp³-hybridized carbons (Fsp3) is 0.0870. The minimum atomic E-state index is -4.80. The minimum Gasteiger partial charge on any atom is -0.449 e. The first-order valence-corrected chi connectivity index (χ1v) is 9.80. The van der Waals surface area contributed by atoms with Crippen molar-refractivity contribution in [2.45, 2.75) is 12.4 Å². The summed E-state index contributed by atoms with van der Waals surface area (Å²) in [5, 5.41) is 20.5. The molecule has 0 N–H and O–H groups in total. The van der Waals surface area contributed by atoms with Gasteiger partial charge in [-0.2, -0.15) is 31.6 Å². The first kappa shape index (κ1) is 25.6. The second-order valence-electron chi connectivity index (χ2n) is 6.98. The van der Waals surface area contributed by atoms with E-state index in [2.05, 4.69) is 0 Å². The Morgan fingerprint density at radius 2 is 1.57 bits per heavy atom. The maximum atomic E-state index is 13.0. The number of hydrogen-bond donors (Lipinski definition) is 0. The highest BCUT2D eigenvalue weighted by Crippen LogP contribution is 2.40. The fourth-order valence-corrected chi connectivity index (χ4v) is 3.17. The Bertz CT molecular complexity index is 1360. The molecule has 0 spiro atoms. The van der Waals surface area contributed by atoms with Gasteiger partial charge in [0.25, 0.3) is 0 Å². The van der Waals surface area contributed by atoms with Crippen molar-refractivity contribution in [3.05, 3.63) is 98.1 Å². The SMILES string of the molecule is N#C/C(=C/c1ccc(Oc2ccc(C(F)(F)F)cc2[N+](=O)[O-])c(Cl)c1)c1cccc(C(F)(F)F)c1. The highest BCUT2D eigenvalue weighted by Gasteiger charge is 2.33. The lowest BCUT2D eigenvalue weighted by Gasteiger charge is -2.11. The van der Waals surface area contributed by atoms with Gasteiger partial charge in [-0.15, -0.1) is 0 Å². The van der Waals surface area contributed by atoms with Crippen LogP contribution in [0.4, 0.5) is 32.0 Å². The molecule has 0 unspecified atom stereocenters. The molecule has 0 fully saturated rings. The van der Waals surface area contributed by atoms with Crippen LogP contribution >= 0.6 is 11.6 Å². The van der Waals surface area contributed by atoms with E-state index in [1.54, 1.807) is 0 Å². The number of nitro benzene ring substituents is 1. The van der Waals surface area contributed by atoms with Crippen LogP contribution in [-0.2, 0) is 12.4 Å². The van der Waals surface area contributed by atoms with Gasteiger partial charge in [0.05, 0.1) is 32.7 Å². The molecule has 0 bridgehead atoms. The van der Waals surface area contributed by atoms with Crippen molar-refractivity contribution < 1.29 is 36.0 Å². The number of allylic oxidation sites excluding steroid dienone is 1. The summed E-state index contributed by atoms with van der Waals surface area (Å²) in [4.78, 5) is 10.2. The van der Waals surface area contributed by atoms with Crippen LogP contribution in [0.1, 0.15) is 22.3 Å². The first-order chi connectivity index (χ1) is 16.3. The molecule has 35 heavy (non-hydrogen) atoms. The lowest BCUT2D eigenvalue weighted by molar-refractivity contribution is -0.385. The number of halogens is 7. The van der Waals surface area contributed by atoms with Crippen LogP contribution in [0.2, 0.25) is 5.02 Å². The van der Waals surface area contributed by atoms with Gasteiger partial charge in [-0.1, -0.05) is 29.8 Å². The zero-order chi connectivity index (χ0) is 26.0. The molecule has 0 heterocycles. The third-order valence-corrected chi connectivity index (χ3v) is 4.89. The maximum Gasteiger partial charge on any atom is 0.416 e. The quantitative estimate of drug-likeness (QED) is 0.114. The highest BCUT2D eigenvalue weighted by molar-refractivity contribution is 6.32. The molecular weight excluding hydrogens is 502 g/mol. The molecule has 0 atom stereocenters. The third-order valence-electron chi connectivity index (χ3n) is 4.59. The summed E-state index contributed by atoms with van der Waals surface area (Å²) < 4.78 is 82.8. The van der Waals surface area contributed by atoms with Gasteiger partial charge in [-0.05, 0) is 53.6 Å². The van der Waals surface area contributed by atoms with Crippen molar-refractivity contribution in [2.24, 2.45) is 0 Å². The second-order valence-corrected chi connectivity index (χ2v) is 7.38. The lowest BCUT2D eigenvalue weighted by Crippen LogP contribution is -2.06. The van der Waals surface area contributed by atoms with E-state index in [0.29, 0.717) is 17.7 Å². The average molecular weight is 513 g/mol. The summed E-state index contributed by atoms with van der Waals surface area (Å²) >= 11 is 6.14. The van der Waals surface area contributed by atoms with Gasteiger partial charge in [0.2, 0.25) is 5.75 Å². The Balaban J connectivity index is 1.93. The molecule has 3 rings (SSSR count). The third kappa shape index (κ3) is 6.10. The van der Waals surface area contributed by atoms with Gasteiger partial charge in [-0.3, -0.25) is 10.1 Å². The zero-order valence-electron chi connectivity index (χ0n) is 17.1. The summed E-state index contributed by atoms with van der Waals surface area (Å²) in [6, 6.07) is 11.6. The first-order valence-electron chi connectivity index (χ1n) is 9.42. The largest absolute Gasteiger partial charge is 0.449 e. The number of hydrogen-bond acceptors (Lipinski definition) is 4. The maximum absolute atomic E-state index is 13.0. The van der Waals surface area contributed by atoms with Gasteiger partial charge < -0.3 is 4.74 Å². The highest BCUT2D eigenvalue weighted by atomic mass is 35.5. The lowest BCUT2D eigenvalue weighted by atomic mass is 10.0. The van der Waals surface area contributed by atoms with Crippen LogP contribution in [0.25, 0.3) is 11.6 Å². The topological polar surface area (TPSA) is 76.2 Å². The van der Waals surface area contributed by atoms with Crippen molar-refractivity contribution >= 4 is 28.9 Å². The number of alkyl halides is 6. The van der Waals surface area contributed by atoms with Crippen molar-refractivity contribution in [1.82, 2.24) is 0 Å². The van der Waals surface area contributed by atoms with Gasteiger partial charge in [0.15, 0.2) is 0 Å². The Labute approximate surface area is 198 Å². The second kappa shape index (κ2) is 9.68. The smallest absolute Gasteiger partial charge is 0.416 e. The number of nitrogens with zero attached hydrogens (tertiary/aromatic N) is 2. The minimum absolute atomic E-state index is 0.0131. The molecule has 0 saturated carbocycles. The average Bonchev–Trinajstić information content (AvgIpc) is 2.78. The molecule has 0 aromatic heterocycles. The predicted octanol–water partition coefficient (Wildman–Crippen LogP) is 8.14. The van der Waals surface area contributed by atoms with Gasteiger partial charge in [0, 0.05) is 6.07 Å². The Kier molecular flexibility index (Phi) is 7.07. The number of rotatable bonds is 5. The van der Waals surface area contributed by atoms with E-state index in [9.17, 15) is 41.7 Å². The van der Waals surface area contributed by atoms with E-state index < -0.39 is 39.8 Å². The summed E-state index contributed by atoms with van der Waals surface area (Å²) in [5.41, 5.74) is -2.90. The summed E-state index contributed by atoms with van der Waals surface area (Å²) in [5.74, 6) is -0.626. The van der Waals surface area contributed by atoms with Crippen molar-refractivity contribution in [3.8, 4) is 17.6 Å². The van der Waals surface area contributed by atoms with Crippen LogP contribution in [0, 0.1) is 21.4 Å². The van der Waals surface area contributed by atoms with E-state index in [4.69, 9.17) is 16.3 Å². The van der Waals surface area contributed by atoms with Gasteiger partial charge >= 0.3 is 18.0 Å². The van der Waals surface area contributed by atoms with Crippen LogP contribution in [0.3, 0.4) is 0 Å². The number of ether oxygens (including phenoxy) is 1. The molecule has 180 valence electrons. The molecule has 3 aromatic carbocycles. The van der Waals surface area contributed by atoms with E-state index >= 15 is 0 Å². The van der Waals surface area contributed by atoms with E-state index in [1.165, 1.54) is 30.3 Å². The van der Waals surface area contributed by atoms with Crippen molar-refractivity contribution in [1.29, 1.82) is 5.26 Å². The monoisotopic (exact) mass is 512 g/mol. The number of nitriles is 1. The van der Waals surface area contributed by atoms with Gasteiger partial charge in [0.1, 0.15) is 5.75 Å². The van der Waals surface area contributed by atoms with Crippen molar-refractivity contribution in [3.63, 3.8) is 0 Å². The van der Waals surface area contributed by atoms with Crippen LogP contribution in [0.15, 0.2) is 60.7 Å². The Morgan fingerprint density at radius 1 is 0.943 bits per heavy atom. The Morgan fingerprint density at radius 3 is 2.14 bits per heavy atom. The van der Waals surface area contributed by atoms with Crippen LogP contribution in [0.5, 0.6) is 11.5 Å². The van der Waals surface area contributed by atoms with Crippen LogP contribution < -0.4 is 4.74 Å². The number of nitro groups is 1. The van der Waals surface area contributed by atoms with E-state index in [0.717, 1.165) is 24.3 Å². The Hall–Kier alpha value is -4.04. The fourth-order valence-electron chi connectivity index (χ4n) is 2.94. The molecular formula is C23H11ClF6N2O3. The van der Waals surface area contributed by atoms with Crippen LogP contribution in [-0.4, -0.2) is 4.92 Å². The summed E-state index contributed by atoms with van der Waals surface area (Å²) in [6.45, 7) is 0. The summed E-state index contributed by atoms with van der Waals surface area (Å²) in [7, 11) is 0. The molecule has 5 nitrogen and oxygen atoms in total. The normalized spacial score (nSPS) is 12.2. The standard InChI is InChI=1S/C23H11ClF6N2O3/c24-18-9-13(8-15(12-31)14-2-1-3-16(10-14)22(25,26)27)4-6-20(18)35-21-7-5-17(23(28,29)30)11-19(21)32(33)34/h1-11H/b15-8-. The van der Waals surface area contributed by atoms with Crippen molar-refractivity contribution in [2.75, 3.05) is 0 Å². The molecule has 0 saturated heterocycles. The molecule has 0 aliphatic heterocycles. The number of benzene rings is 3. The molecule has 0 aliphatic rings. The summed E-state index contributed by atoms with van der Waals surface area (Å²) in [6.07, 6.45) is -8.13. The molecule has 0 aliphatic carbocycles. The molecule has 12 heteroatoms. The van der Waals surface area contributed by atoms with Gasteiger partial charge in [-0.25, -0.2) is 0 Å². The predicted molar refractivity (Wildman–Crippen MR) is 115 cm³/mol. The molecule has 0 amide bonds. The molecule has 3 aromatic rings. The molecule has 0 radical (unpaired) electrons. The van der Waals surface area contributed by atoms with E-state index in [-0.39, 0.29) is 21.9 Å². The van der Waals surface area contributed by atoms with E-state index in [1.807, 2.05) is 6.07 Å². The zero-order valence-corrected chi connectivity index (χ0v) is 17.9.